The summed E-state index contributed by atoms with van der Waals surface area (Å²) in [4.78, 5) is 20.4. The van der Waals surface area contributed by atoms with Gasteiger partial charge in [0.25, 0.3) is 0 Å². The van der Waals surface area contributed by atoms with Gasteiger partial charge >= 0.3 is 5.97 Å². The largest absolute Gasteiger partial charge is 0.481 e. The normalized spacial score (nSPS) is 43.8. The molecule has 0 spiro atoms. The van der Waals surface area contributed by atoms with Crippen molar-refractivity contribution in [1.29, 1.82) is 0 Å². The van der Waals surface area contributed by atoms with Gasteiger partial charge in [0, 0.05) is 16.4 Å². The van der Waals surface area contributed by atoms with E-state index in [0.717, 1.165) is 44.3 Å². The van der Waals surface area contributed by atoms with Crippen molar-refractivity contribution >= 4 is 5.97 Å². The van der Waals surface area contributed by atoms with E-state index < -0.39 is 11.9 Å². The summed E-state index contributed by atoms with van der Waals surface area (Å²) in [6.45, 7) is 27.4. The predicted octanol–water partition coefficient (Wildman–Crippen LogP) is 8.08. The molecule has 4 fully saturated rings. The van der Waals surface area contributed by atoms with Crippen molar-refractivity contribution in [2.75, 3.05) is 33.9 Å². The lowest BCUT2D eigenvalue weighted by atomic mass is 9.34. The van der Waals surface area contributed by atoms with Gasteiger partial charge in [0.1, 0.15) is 12.2 Å². The first kappa shape index (κ1) is 37.0. The highest BCUT2D eigenvalue weighted by Crippen LogP contribution is 2.75. The van der Waals surface area contributed by atoms with E-state index in [1.807, 2.05) is 0 Å². The van der Waals surface area contributed by atoms with Crippen LogP contribution in [0.4, 0.5) is 0 Å². The van der Waals surface area contributed by atoms with Crippen molar-refractivity contribution in [2.24, 2.45) is 62.6 Å². The fourth-order valence-electron chi connectivity index (χ4n) is 12.8. The number of aryl methyl sites for hydroxylation is 1. The summed E-state index contributed by atoms with van der Waals surface area (Å²) >= 11 is 0. The molecule has 4 aliphatic carbocycles. The maximum absolute atomic E-state index is 13.5. The minimum absolute atomic E-state index is 0.0281. The molecule has 1 N–H and O–H groups in total. The van der Waals surface area contributed by atoms with Crippen LogP contribution in [-0.4, -0.2) is 76.3 Å². The van der Waals surface area contributed by atoms with E-state index in [9.17, 15) is 9.90 Å². The van der Waals surface area contributed by atoms with E-state index in [2.05, 4.69) is 111 Å². The van der Waals surface area contributed by atoms with Crippen molar-refractivity contribution in [1.82, 2.24) is 19.7 Å². The SMILES string of the molecule is Cc1ncnn1[C@@H]1C[C@@]23COC[C@@](C)([C@@H]2CC[C@H]2C3=CC[C@@]3(C)[C@H](C(=O)O)[C@@](C)([C@H](C)C(C)C)CC[C@]23C)[C@H]1OC[C@@](C)(C(C)C)N(C)C. The molecule has 1 aliphatic heterocycles. The Morgan fingerprint density at radius 1 is 1.10 bits per heavy atom. The van der Waals surface area contributed by atoms with Crippen LogP contribution in [0.3, 0.4) is 0 Å². The lowest BCUT2D eigenvalue weighted by Gasteiger charge is -2.71. The number of nitrogens with zero attached hydrogens (tertiary/aromatic N) is 4. The summed E-state index contributed by atoms with van der Waals surface area (Å²) < 4.78 is 16.2. The van der Waals surface area contributed by atoms with E-state index in [0.29, 0.717) is 49.4 Å². The molecule has 12 atom stereocenters. The van der Waals surface area contributed by atoms with Crippen molar-refractivity contribution in [3.05, 3.63) is 23.8 Å². The lowest BCUT2D eigenvalue weighted by Crippen LogP contribution is -2.69. The fourth-order valence-corrected chi connectivity index (χ4v) is 12.8. The standard InChI is InChI=1S/C41H68N4O4/c1-25(2)27(5)36(7)18-19-38(9)29-14-15-32-37(8)21-48-23-41(32,30(29)16-17-39(38,10)33(36)35(46)47)20-31(45-28(6)42-24-43-45)34(37)49-22-40(11,26(3)4)44(12)13/h16,24-27,29,31-34H,14-15,17-23H2,1-13H3,(H,46,47)/t27-,29+,31-,32+,33-,34+,36-,37+,38-,39+,40+,41+/m1/s1. The average molecular weight is 681 g/mol. The number of aliphatic carboxylic acids is 1. The second kappa shape index (κ2) is 12.1. The number of likely N-dealkylation sites (N-methyl/N-ethyl adjacent to an activating group) is 1. The summed E-state index contributed by atoms with van der Waals surface area (Å²) in [6.07, 6.45) is 10.1. The number of rotatable bonds is 9. The van der Waals surface area contributed by atoms with E-state index in [4.69, 9.17) is 14.6 Å². The number of aromatic nitrogens is 3. The first-order chi connectivity index (χ1) is 22.7. The molecule has 8 heteroatoms. The van der Waals surface area contributed by atoms with Crippen LogP contribution in [0.5, 0.6) is 0 Å². The third-order valence-corrected chi connectivity index (χ3v) is 17.0. The summed E-state index contributed by atoms with van der Waals surface area (Å²) in [5, 5.41) is 15.9. The molecule has 276 valence electrons. The van der Waals surface area contributed by atoms with Crippen LogP contribution in [-0.2, 0) is 14.3 Å². The molecule has 1 saturated heterocycles. The van der Waals surface area contributed by atoms with Crippen molar-refractivity contribution < 1.29 is 19.4 Å². The first-order valence-electron chi connectivity index (χ1n) is 19.4. The van der Waals surface area contributed by atoms with Gasteiger partial charge in [-0.2, -0.15) is 5.10 Å². The Balaban J connectivity index is 1.45. The van der Waals surface area contributed by atoms with E-state index in [1.165, 1.54) is 0 Å². The van der Waals surface area contributed by atoms with Crippen LogP contribution in [0, 0.1) is 69.5 Å². The average Bonchev–Trinajstić information content (AvgIpc) is 3.45. The lowest BCUT2D eigenvalue weighted by molar-refractivity contribution is -0.255. The molecule has 1 aromatic rings. The van der Waals surface area contributed by atoms with Crippen LogP contribution in [0.1, 0.15) is 120 Å². The van der Waals surface area contributed by atoms with Crippen LogP contribution in [0.2, 0.25) is 0 Å². The van der Waals surface area contributed by atoms with Crippen molar-refractivity contribution in [3.8, 4) is 0 Å². The van der Waals surface area contributed by atoms with Crippen LogP contribution >= 0.6 is 0 Å². The first-order valence-corrected chi connectivity index (χ1v) is 19.4. The van der Waals surface area contributed by atoms with Gasteiger partial charge in [-0.15, -0.1) is 0 Å². The maximum atomic E-state index is 13.5. The van der Waals surface area contributed by atoms with Gasteiger partial charge in [0.15, 0.2) is 0 Å². The molecular formula is C41H68N4O4. The van der Waals surface area contributed by atoms with Gasteiger partial charge in [-0.3, -0.25) is 4.79 Å². The second-order valence-corrected chi connectivity index (χ2v) is 19.5. The molecule has 49 heavy (non-hydrogen) atoms. The van der Waals surface area contributed by atoms with Gasteiger partial charge in [0.05, 0.1) is 37.9 Å². The van der Waals surface area contributed by atoms with Crippen LogP contribution in [0.15, 0.2) is 18.0 Å². The van der Waals surface area contributed by atoms with Gasteiger partial charge in [-0.05, 0) is 112 Å². The molecule has 5 aliphatic rings. The number of carboxylic acid groups (broad SMARTS) is 1. The smallest absolute Gasteiger partial charge is 0.307 e. The maximum Gasteiger partial charge on any atom is 0.307 e. The molecule has 0 unspecified atom stereocenters. The number of ether oxygens (including phenoxy) is 2. The predicted molar refractivity (Wildman–Crippen MR) is 194 cm³/mol. The number of hydrogen-bond acceptors (Lipinski definition) is 6. The molecule has 3 saturated carbocycles. The second-order valence-electron chi connectivity index (χ2n) is 19.5. The van der Waals surface area contributed by atoms with Gasteiger partial charge in [-0.1, -0.05) is 74.0 Å². The fraction of sp³-hybridized carbons (Fsp3) is 0.878. The molecule has 2 heterocycles. The topological polar surface area (TPSA) is 89.7 Å². The molecule has 2 bridgehead atoms. The highest BCUT2D eigenvalue weighted by molar-refractivity contribution is 5.73. The third kappa shape index (κ3) is 5.02. The minimum atomic E-state index is -0.605. The molecule has 0 amide bonds. The van der Waals surface area contributed by atoms with Crippen molar-refractivity contribution in [2.45, 2.75) is 132 Å². The number of fused-ring (bicyclic) bond motifs is 3. The highest BCUT2D eigenvalue weighted by Gasteiger charge is 2.72. The zero-order chi connectivity index (χ0) is 36.1. The number of carboxylic acids is 1. The van der Waals surface area contributed by atoms with E-state index in [-0.39, 0.29) is 44.8 Å². The summed E-state index contributed by atoms with van der Waals surface area (Å²) in [6, 6.07) is 0.0281. The quantitative estimate of drug-likeness (QED) is 0.264. The van der Waals surface area contributed by atoms with E-state index >= 15 is 0 Å². The van der Waals surface area contributed by atoms with E-state index in [1.54, 1.807) is 11.9 Å². The molecule has 1 aromatic heterocycles. The summed E-state index contributed by atoms with van der Waals surface area (Å²) in [5.41, 5.74) is 0.399. The number of allylic oxidation sites excluding steroid dienone is 1. The summed E-state index contributed by atoms with van der Waals surface area (Å²) in [7, 11) is 4.33. The Hall–Kier alpha value is -1.77. The molecule has 0 aromatic carbocycles. The molecule has 6 rings (SSSR count). The molecule has 0 radical (unpaired) electrons. The Kier molecular flexibility index (Phi) is 9.17. The molecule has 8 nitrogen and oxygen atoms in total. The molecular weight excluding hydrogens is 612 g/mol. The van der Waals surface area contributed by atoms with Gasteiger partial charge in [0.2, 0.25) is 0 Å². The number of hydrogen-bond donors (Lipinski definition) is 1. The van der Waals surface area contributed by atoms with Gasteiger partial charge < -0.3 is 19.5 Å². The van der Waals surface area contributed by atoms with Gasteiger partial charge in [-0.25, -0.2) is 9.67 Å². The Labute approximate surface area is 297 Å². The van der Waals surface area contributed by atoms with Crippen LogP contribution < -0.4 is 0 Å². The summed E-state index contributed by atoms with van der Waals surface area (Å²) in [5.74, 6) is 1.87. The zero-order valence-electron chi connectivity index (χ0n) is 33.1. The monoisotopic (exact) mass is 681 g/mol. The number of carbonyl (C=O) groups is 1. The zero-order valence-corrected chi connectivity index (χ0v) is 33.1. The minimum Gasteiger partial charge on any atom is -0.481 e. The van der Waals surface area contributed by atoms with Crippen LogP contribution in [0.25, 0.3) is 0 Å². The Bertz CT molecular complexity index is 1440. The third-order valence-electron chi connectivity index (χ3n) is 17.0. The Morgan fingerprint density at radius 2 is 1.80 bits per heavy atom. The Morgan fingerprint density at radius 3 is 2.37 bits per heavy atom. The highest BCUT2D eigenvalue weighted by atomic mass is 16.5. The van der Waals surface area contributed by atoms with Crippen molar-refractivity contribution in [3.63, 3.8) is 0 Å².